The molecule has 0 aliphatic heterocycles. The first-order valence-corrected chi connectivity index (χ1v) is 6.87. The monoisotopic (exact) mass is 280 g/mol. The van der Waals surface area contributed by atoms with Crippen LogP contribution < -0.4 is 4.74 Å². The van der Waals surface area contributed by atoms with E-state index in [4.69, 9.17) is 4.74 Å². The van der Waals surface area contributed by atoms with Crippen molar-refractivity contribution < 1.29 is 9.53 Å². The molecule has 1 heterocycles. The average molecular weight is 280 g/mol. The number of nitrogens with zero attached hydrogens (tertiary/aromatic N) is 2. The lowest BCUT2D eigenvalue weighted by molar-refractivity contribution is 0.112. The summed E-state index contributed by atoms with van der Waals surface area (Å²) in [4.78, 5) is 15.6. The second kappa shape index (κ2) is 5.79. The highest BCUT2D eigenvalue weighted by atomic mass is 16.5. The summed E-state index contributed by atoms with van der Waals surface area (Å²) in [5.74, 6) is 1.58. The van der Waals surface area contributed by atoms with Gasteiger partial charge < -0.3 is 9.30 Å². The molecule has 106 valence electrons. The molecular weight excluding hydrogens is 264 g/mol. The Kier molecular flexibility index (Phi) is 3.69. The Morgan fingerprint density at radius 3 is 2.86 bits per heavy atom. The number of aldehydes is 1. The first-order valence-electron chi connectivity index (χ1n) is 6.87. The van der Waals surface area contributed by atoms with E-state index in [9.17, 15) is 4.79 Å². The van der Waals surface area contributed by atoms with Gasteiger partial charge in [0.1, 0.15) is 18.2 Å². The van der Waals surface area contributed by atoms with E-state index in [2.05, 4.69) is 4.98 Å². The fourth-order valence-electron chi connectivity index (χ4n) is 2.42. The van der Waals surface area contributed by atoms with Gasteiger partial charge in [-0.2, -0.15) is 0 Å². The maximum atomic E-state index is 11.4. The van der Waals surface area contributed by atoms with Crippen molar-refractivity contribution in [3.8, 4) is 5.75 Å². The van der Waals surface area contributed by atoms with Gasteiger partial charge in [0, 0.05) is 12.4 Å². The van der Waals surface area contributed by atoms with Crippen LogP contribution in [-0.4, -0.2) is 22.4 Å². The van der Waals surface area contributed by atoms with E-state index < -0.39 is 0 Å². The lowest BCUT2D eigenvalue weighted by atomic mass is 10.0. The molecule has 1 aromatic heterocycles. The Hall–Kier alpha value is -2.62. The first-order chi connectivity index (χ1) is 10.3. The Morgan fingerprint density at radius 2 is 2.10 bits per heavy atom. The van der Waals surface area contributed by atoms with Crippen LogP contribution in [0.4, 0.5) is 0 Å². The minimum absolute atomic E-state index is 0.496. The predicted octanol–water partition coefficient (Wildman–Crippen LogP) is 3.24. The summed E-state index contributed by atoms with van der Waals surface area (Å²) >= 11 is 0. The predicted molar refractivity (Wildman–Crippen MR) is 81.8 cm³/mol. The van der Waals surface area contributed by atoms with Crippen LogP contribution >= 0.6 is 0 Å². The van der Waals surface area contributed by atoms with E-state index in [1.807, 2.05) is 54.1 Å². The summed E-state index contributed by atoms with van der Waals surface area (Å²) in [5, 5.41) is 1.96. The third-order valence-electron chi connectivity index (χ3n) is 3.56. The average Bonchev–Trinajstić information content (AvgIpc) is 2.92. The molecule has 0 aliphatic carbocycles. The minimum atomic E-state index is 0.496. The number of hydrogen-bond acceptors (Lipinski definition) is 3. The summed E-state index contributed by atoms with van der Waals surface area (Å²) in [7, 11) is 0. The Balaban J connectivity index is 1.80. The normalized spacial score (nSPS) is 10.7. The number of benzene rings is 2. The van der Waals surface area contributed by atoms with Gasteiger partial charge in [0.2, 0.25) is 0 Å². The molecule has 0 saturated carbocycles. The molecule has 3 rings (SSSR count). The smallest absolute Gasteiger partial charge is 0.154 e. The van der Waals surface area contributed by atoms with Crippen molar-refractivity contribution in [3.05, 3.63) is 60.2 Å². The van der Waals surface area contributed by atoms with Gasteiger partial charge in [0.05, 0.1) is 12.1 Å². The number of fused-ring (bicyclic) bond motifs is 1. The fourth-order valence-corrected chi connectivity index (χ4v) is 2.42. The second-order valence-electron chi connectivity index (χ2n) is 4.83. The van der Waals surface area contributed by atoms with Gasteiger partial charge in [-0.15, -0.1) is 0 Å². The maximum absolute atomic E-state index is 11.4. The van der Waals surface area contributed by atoms with Gasteiger partial charge in [-0.05, 0) is 23.8 Å². The van der Waals surface area contributed by atoms with Crippen LogP contribution in [0.3, 0.4) is 0 Å². The molecular formula is C17H16N2O2. The Labute approximate surface area is 123 Å². The molecule has 0 fully saturated rings. The summed E-state index contributed by atoms with van der Waals surface area (Å²) in [6.45, 7) is 3.15. The summed E-state index contributed by atoms with van der Waals surface area (Å²) in [5.41, 5.74) is 0.607. The lowest BCUT2D eigenvalue weighted by Gasteiger charge is -2.11. The topological polar surface area (TPSA) is 44.1 Å². The third-order valence-corrected chi connectivity index (χ3v) is 3.56. The molecule has 4 heteroatoms. The highest BCUT2D eigenvalue weighted by Gasteiger charge is 2.08. The number of carbonyl (C=O) groups is 1. The highest BCUT2D eigenvalue weighted by molar-refractivity contribution is 6.00. The van der Waals surface area contributed by atoms with Crippen LogP contribution in [0.1, 0.15) is 16.2 Å². The summed E-state index contributed by atoms with van der Waals surface area (Å²) in [6.07, 6.45) is 4.54. The van der Waals surface area contributed by atoms with Crippen molar-refractivity contribution in [2.24, 2.45) is 0 Å². The number of rotatable bonds is 5. The molecule has 0 spiro atoms. The van der Waals surface area contributed by atoms with Gasteiger partial charge in [-0.25, -0.2) is 4.98 Å². The molecule has 0 saturated heterocycles. The molecule has 2 aromatic carbocycles. The van der Waals surface area contributed by atoms with Crippen LogP contribution in [-0.2, 0) is 6.54 Å². The zero-order valence-electron chi connectivity index (χ0n) is 11.8. The van der Waals surface area contributed by atoms with Gasteiger partial charge >= 0.3 is 0 Å². The molecule has 0 unspecified atom stereocenters. The molecule has 3 aromatic rings. The van der Waals surface area contributed by atoms with Gasteiger partial charge in [0.25, 0.3) is 0 Å². The second-order valence-corrected chi connectivity index (χ2v) is 4.83. The van der Waals surface area contributed by atoms with Crippen molar-refractivity contribution in [2.45, 2.75) is 13.5 Å². The SMILES string of the molecule is Cc1nccn1CCOc1ccc2ccccc2c1C=O. The number of imidazole rings is 1. The quantitative estimate of drug-likeness (QED) is 0.674. The maximum Gasteiger partial charge on any atom is 0.154 e. The van der Waals surface area contributed by atoms with Gasteiger partial charge in [0.15, 0.2) is 6.29 Å². The van der Waals surface area contributed by atoms with Crippen LogP contribution in [0.15, 0.2) is 48.8 Å². The number of aromatic nitrogens is 2. The zero-order valence-corrected chi connectivity index (χ0v) is 11.8. The van der Waals surface area contributed by atoms with Gasteiger partial charge in [-0.3, -0.25) is 4.79 Å². The van der Waals surface area contributed by atoms with Gasteiger partial charge in [-0.1, -0.05) is 30.3 Å². The van der Waals surface area contributed by atoms with E-state index in [1.165, 1.54) is 0 Å². The first kappa shape index (κ1) is 13.4. The van der Waals surface area contributed by atoms with Crippen LogP contribution in [0.5, 0.6) is 5.75 Å². The number of hydrogen-bond donors (Lipinski definition) is 0. The van der Waals surface area contributed by atoms with Crippen molar-refractivity contribution in [1.29, 1.82) is 0 Å². The van der Waals surface area contributed by atoms with Crippen molar-refractivity contribution in [3.63, 3.8) is 0 Å². The third kappa shape index (κ3) is 2.65. The number of aryl methyl sites for hydroxylation is 1. The highest BCUT2D eigenvalue weighted by Crippen LogP contribution is 2.26. The van der Waals surface area contributed by atoms with Crippen molar-refractivity contribution in [2.75, 3.05) is 6.61 Å². The summed E-state index contributed by atoms with van der Waals surface area (Å²) < 4.78 is 7.80. The van der Waals surface area contributed by atoms with E-state index in [0.717, 1.165) is 22.9 Å². The molecule has 0 amide bonds. The standard InChI is InChI=1S/C17H16N2O2/c1-13-18-8-9-19(13)10-11-21-17-7-6-14-4-2-3-5-15(14)16(17)12-20/h2-9,12H,10-11H2,1H3. The molecule has 4 nitrogen and oxygen atoms in total. The minimum Gasteiger partial charge on any atom is -0.491 e. The molecule has 0 radical (unpaired) electrons. The lowest BCUT2D eigenvalue weighted by Crippen LogP contribution is -2.09. The van der Waals surface area contributed by atoms with Crippen LogP contribution in [0.2, 0.25) is 0 Å². The van der Waals surface area contributed by atoms with E-state index >= 15 is 0 Å². The van der Waals surface area contributed by atoms with Crippen LogP contribution in [0.25, 0.3) is 10.8 Å². The number of ether oxygens (including phenoxy) is 1. The molecule has 0 atom stereocenters. The molecule has 0 aliphatic rings. The van der Waals surface area contributed by atoms with E-state index in [-0.39, 0.29) is 0 Å². The zero-order chi connectivity index (χ0) is 14.7. The van der Waals surface area contributed by atoms with Crippen molar-refractivity contribution in [1.82, 2.24) is 9.55 Å². The Morgan fingerprint density at radius 1 is 1.24 bits per heavy atom. The summed E-state index contributed by atoms with van der Waals surface area (Å²) in [6, 6.07) is 11.6. The fraction of sp³-hybridized carbons (Fsp3) is 0.176. The van der Waals surface area contributed by atoms with Crippen LogP contribution in [0, 0.1) is 6.92 Å². The molecule has 0 N–H and O–H groups in total. The van der Waals surface area contributed by atoms with E-state index in [1.54, 1.807) is 6.20 Å². The number of carbonyl (C=O) groups excluding carboxylic acids is 1. The largest absolute Gasteiger partial charge is 0.491 e. The molecule has 0 bridgehead atoms. The van der Waals surface area contributed by atoms with E-state index in [0.29, 0.717) is 24.5 Å². The van der Waals surface area contributed by atoms with Crippen molar-refractivity contribution >= 4 is 17.1 Å². The molecule has 21 heavy (non-hydrogen) atoms. The Bertz CT molecular complexity index is 777.